The third kappa shape index (κ3) is 4.59. The Kier molecular flexibility index (Phi) is 7.95. The lowest BCUT2D eigenvalue weighted by Crippen LogP contribution is -2.14. The van der Waals surface area contributed by atoms with Gasteiger partial charge in [0.25, 0.3) is 5.95 Å². The molecule has 0 amide bonds. The number of nitrogens with two attached hydrogens (primary N) is 1. The summed E-state index contributed by atoms with van der Waals surface area (Å²) in [5.74, 6) is 1.82. The van der Waals surface area contributed by atoms with Crippen LogP contribution in [0.15, 0.2) is 31.6 Å². The molecule has 104 valence electrons. The average Bonchev–Trinajstić information content (AvgIpc) is 2.87. The third-order valence-corrected chi connectivity index (χ3v) is 1.89. The summed E-state index contributed by atoms with van der Waals surface area (Å²) < 4.78 is 1.57. The van der Waals surface area contributed by atoms with Crippen LogP contribution in [0.5, 0.6) is 0 Å². The lowest BCUT2D eigenvalue weighted by atomic mass is 10.3. The van der Waals surface area contributed by atoms with Gasteiger partial charge < -0.3 is 5.73 Å². The van der Waals surface area contributed by atoms with E-state index >= 15 is 0 Å². The Balaban J connectivity index is 0.000000741. The maximum Gasteiger partial charge on any atom is 0.252 e. The first kappa shape index (κ1) is 16.9. The topological polar surface area (TPSA) is 82.5 Å². The highest BCUT2D eigenvalue weighted by molar-refractivity contribution is 5.13. The van der Waals surface area contributed by atoms with E-state index in [0.717, 1.165) is 0 Å². The molecular formula is C13H22N6. The highest BCUT2D eigenvalue weighted by atomic mass is 15.4. The van der Waals surface area contributed by atoms with Crippen molar-refractivity contribution in [3.8, 4) is 5.95 Å². The van der Waals surface area contributed by atoms with Crippen LogP contribution in [-0.4, -0.2) is 24.7 Å². The predicted octanol–water partition coefficient (Wildman–Crippen LogP) is 2.21. The van der Waals surface area contributed by atoms with Crippen molar-refractivity contribution in [1.82, 2.24) is 24.7 Å². The van der Waals surface area contributed by atoms with Gasteiger partial charge in [0.2, 0.25) is 0 Å². The monoisotopic (exact) mass is 262 g/mol. The van der Waals surface area contributed by atoms with Crippen molar-refractivity contribution in [3.05, 3.63) is 43.3 Å². The van der Waals surface area contributed by atoms with Crippen LogP contribution in [0.3, 0.4) is 0 Å². The fourth-order valence-electron chi connectivity index (χ4n) is 1.27. The fourth-order valence-corrected chi connectivity index (χ4v) is 1.27. The van der Waals surface area contributed by atoms with E-state index in [1.165, 1.54) is 0 Å². The zero-order chi connectivity index (χ0) is 14.8. The summed E-state index contributed by atoms with van der Waals surface area (Å²) in [6.45, 7) is 13.7. The molecule has 0 aliphatic rings. The van der Waals surface area contributed by atoms with Crippen LogP contribution < -0.4 is 5.73 Å². The molecular weight excluding hydrogens is 240 g/mol. The van der Waals surface area contributed by atoms with Gasteiger partial charge in [-0.15, -0.1) is 18.3 Å². The summed E-state index contributed by atoms with van der Waals surface area (Å²) in [6.07, 6.45) is 3.31. The Bertz CT molecular complexity index is 463. The molecule has 2 heterocycles. The van der Waals surface area contributed by atoms with E-state index < -0.39 is 0 Å². The summed E-state index contributed by atoms with van der Waals surface area (Å²) in [4.78, 5) is 12.4. The minimum atomic E-state index is -0.199. The second-order valence-corrected chi connectivity index (χ2v) is 3.27. The molecule has 6 heteroatoms. The molecule has 0 aliphatic carbocycles. The van der Waals surface area contributed by atoms with Gasteiger partial charge >= 0.3 is 0 Å². The first-order valence-electron chi connectivity index (χ1n) is 6.15. The normalized spacial score (nSPS) is 10.6. The lowest BCUT2D eigenvalue weighted by molar-refractivity contribution is 0.668. The van der Waals surface area contributed by atoms with Crippen molar-refractivity contribution in [2.75, 3.05) is 0 Å². The largest absolute Gasteiger partial charge is 0.322 e. The Morgan fingerprint density at radius 2 is 1.74 bits per heavy atom. The highest BCUT2D eigenvalue weighted by Gasteiger charge is 2.14. The molecule has 0 bridgehead atoms. The van der Waals surface area contributed by atoms with Crippen LogP contribution in [-0.2, 0) is 0 Å². The lowest BCUT2D eigenvalue weighted by Gasteiger charge is -2.05. The van der Waals surface area contributed by atoms with E-state index in [0.29, 0.717) is 17.6 Å². The summed E-state index contributed by atoms with van der Waals surface area (Å²) in [5.41, 5.74) is 5.79. The average molecular weight is 262 g/mol. The van der Waals surface area contributed by atoms with E-state index in [2.05, 4.69) is 33.2 Å². The van der Waals surface area contributed by atoms with E-state index in [1.54, 1.807) is 23.1 Å². The van der Waals surface area contributed by atoms with Crippen molar-refractivity contribution < 1.29 is 0 Å². The minimum Gasteiger partial charge on any atom is -0.322 e. The summed E-state index contributed by atoms with van der Waals surface area (Å²) in [5, 5.41) is 4.20. The van der Waals surface area contributed by atoms with Crippen LogP contribution in [0.1, 0.15) is 38.5 Å². The molecule has 0 radical (unpaired) electrons. The van der Waals surface area contributed by atoms with Gasteiger partial charge in [0.05, 0.1) is 6.04 Å². The fraction of sp³-hybridized carbons (Fsp3) is 0.385. The maximum absolute atomic E-state index is 5.79. The summed E-state index contributed by atoms with van der Waals surface area (Å²) in [6, 6.07) is 1.55. The molecule has 19 heavy (non-hydrogen) atoms. The van der Waals surface area contributed by atoms with Gasteiger partial charge in [-0.3, -0.25) is 0 Å². The molecule has 1 atom stereocenters. The van der Waals surface area contributed by atoms with Crippen LogP contribution >= 0.6 is 0 Å². The molecule has 0 saturated carbocycles. The Labute approximate surface area is 114 Å². The molecule has 2 aromatic heterocycles. The van der Waals surface area contributed by atoms with Gasteiger partial charge in [-0.2, -0.15) is 4.68 Å². The van der Waals surface area contributed by atoms with E-state index in [-0.39, 0.29) is 6.04 Å². The zero-order valence-corrected chi connectivity index (χ0v) is 12.0. The van der Waals surface area contributed by atoms with E-state index in [4.69, 9.17) is 5.73 Å². The van der Waals surface area contributed by atoms with E-state index in [9.17, 15) is 0 Å². The molecule has 0 spiro atoms. The number of aryl methyl sites for hydroxylation is 1. The first-order chi connectivity index (χ1) is 9.18. The van der Waals surface area contributed by atoms with Gasteiger partial charge in [-0.1, -0.05) is 13.8 Å². The highest BCUT2D eigenvalue weighted by Crippen LogP contribution is 2.10. The standard InChI is InChI=1S/C9H12N6.C2H6.C2H4/c1-6(10)8-13-7(2)14-15(8)9-11-4-3-5-12-9;2*1-2/h3-6H,10H2,1-2H3;1-2H3;1-2H2/t6-;;/m0../s1. The van der Waals surface area contributed by atoms with Gasteiger partial charge in [0.15, 0.2) is 5.82 Å². The molecule has 2 aromatic rings. The SMILES string of the molecule is C=C.CC.Cc1nc([C@H](C)N)n(-c2ncccn2)n1. The number of hydrogen-bond donors (Lipinski definition) is 1. The van der Waals surface area contributed by atoms with Crippen LogP contribution in [0.2, 0.25) is 0 Å². The Morgan fingerprint density at radius 3 is 2.21 bits per heavy atom. The quantitative estimate of drug-likeness (QED) is 0.839. The Morgan fingerprint density at radius 1 is 1.21 bits per heavy atom. The molecule has 0 fully saturated rings. The van der Waals surface area contributed by atoms with Crippen LogP contribution in [0.4, 0.5) is 0 Å². The first-order valence-corrected chi connectivity index (χ1v) is 6.15. The predicted molar refractivity (Wildman–Crippen MR) is 76.9 cm³/mol. The second kappa shape index (κ2) is 8.93. The zero-order valence-electron chi connectivity index (χ0n) is 12.0. The van der Waals surface area contributed by atoms with Gasteiger partial charge in [0, 0.05) is 12.4 Å². The Hall–Kier alpha value is -2.08. The number of aromatic nitrogens is 5. The minimum absolute atomic E-state index is 0.199. The molecule has 0 aliphatic heterocycles. The van der Waals surface area contributed by atoms with Gasteiger partial charge in [0.1, 0.15) is 5.82 Å². The van der Waals surface area contributed by atoms with Crippen molar-refractivity contribution in [2.45, 2.75) is 33.7 Å². The number of nitrogens with zero attached hydrogens (tertiary/aromatic N) is 5. The summed E-state index contributed by atoms with van der Waals surface area (Å²) >= 11 is 0. The van der Waals surface area contributed by atoms with Crippen molar-refractivity contribution in [2.24, 2.45) is 5.73 Å². The number of hydrogen-bond acceptors (Lipinski definition) is 5. The summed E-state index contributed by atoms with van der Waals surface area (Å²) in [7, 11) is 0. The number of rotatable bonds is 2. The molecule has 0 unspecified atom stereocenters. The third-order valence-electron chi connectivity index (χ3n) is 1.89. The molecule has 2 rings (SSSR count). The second-order valence-electron chi connectivity index (χ2n) is 3.27. The van der Waals surface area contributed by atoms with Gasteiger partial charge in [-0.25, -0.2) is 15.0 Å². The van der Waals surface area contributed by atoms with Crippen LogP contribution in [0, 0.1) is 6.92 Å². The smallest absolute Gasteiger partial charge is 0.252 e. The molecule has 2 N–H and O–H groups in total. The van der Waals surface area contributed by atoms with Crippen molar-refractivity contribution in [1.29, 1.82) is 0 Å². The van der Waals surface area contributed by atoms with Gasteiger partial charge in [-0.05, 0) is 19.9 Å². The molecule has 0 saturated heterocycles. The van der Waals surface area contributed by atoms with Crippen LogP contribution in [0.25, 0.3) is 5.95 Å². The van der Waals surface area contributed by atoms with E-state index in [1.807, 2.05) is 27.7 Å². The van der Waals surface area contributed by atoms with Crippen molar-refractivity contribution >= 4 is 0 Å². The maximum atomic E-state index is 5.79. The molecule has 6 nitrogen and oxygen atoms in total. The molecule has 0 aromatic carbocycles. The van der Waals surface area contributed by atoms with Crippen molar-refractivity contribution in [3.63, 3.8) is 0 Å².